The first-order valence-corrected chi connectivity index (χ1v) is 14.1. The van der Waals surface area contributed by atoms with E-state index in [0.29, 0.717) is 12.8 Å². The Morgan fingerprint density at radius 1 is 0.951 bits per heavy atom. The van der Waals surface area contributed by atoms with Crippen molar-refractivity contribution in [1.82, 2.24) is 0 Å². The molecule has 5 aliphatic rings. The molecule has 0 amide bonds. The summed E-state index contributed by atoms with van der Waals surface area (Å²) in [6, 6.07) is 0. The highest BCUT2D eigenvalue weighted by atomic mass is 35.5. The molecule has 41 heavy (non-hydrogen) atoms. The van der Waals surface area contributed by atoms with Crippen LogP contribution in [0.4, 0.5) is 0 Å². The Morgan fingerprint density at radius 2 is 1.51 bits per heavy atom. The van der Waals surface area contributed by atoms with E-state index < -0.39 is 100 Å². The van der Waals surface area contributed by atoms with Crippen molar-refractivity contribution in [1.29, 1.82) is 0 Å². The SMILES string of the molecule is C=C1[C@H]2O[C@@]3([C@H](OC(C)=O)[C@H]4[C@]5(CC[C@H](OC(C)=O)[C@]4(C)[C@H](OC(C)=O)[C@@H]2OC(C)=O)CO5)[C@@H](C)C(=O)O[C@H]3[C@H]1Cl. The second-order valence-corrected chi connectivity index (χ2v) is 12.4. The normalized spacial score (nSPS) is 46.2. The standard InChI is InChI=1S/C28H35ClO12/c1-11-18(29)22-28(12(2)25(34)40-22)24(39-16(6)33)21-26(7,17(36-13(3)30)8-9-27(21)10-35-27)23(38-15(5)32)20(19(11)41-28)37-14(4)31/h12,17-24H,1,8-10H2,2-7H3/t12-,17-,18-,19+,20+,21+,22-,23+,24+,26-,27-,28-/m0/s1. The second kappa shape index (κ2) is 9.95. The largest absolute Gasteiger partial charge is 0.462 e. The van der Waals surface area contributed by atoms with E-state index in [1.165, 1.54) is 27.7 Å². The molecule has 13 heteroatoms. The van der Waals surface area contributed by atoms with Gasteiger partial charge in [0.25, 0.3) is 0 Å². The van der Waals surface area contributed by atoms with E-state index >= 15 is 0 Å². The Hall–Kier alpha value is -2.70. The molecule has 2 bridgehead atoms. The molecule has 1 aliphatic carbocycles. The number of epoxide rings is 1. The molecule has 1 saturated carbocycles. The van der Waals surface area contributed by atoms with Crippen LogP contribution in [0.1, 0.15) is 54.4 Å². The average Bonchev–Trinajstić information content (AvgIpc) is 3.58. The lowest BCUT2D eigenvalue weighted by Crippen LogP contribution is -2.77. The minimum Gasteiger partial charge on any atom is -0.462 e. The van der Waals surface area contributed by atoms with Crippen LogP contribution in [0.25, 0.3) is 0 Å². The molecule has 0 aromatic heterocycles. The van der Waals surface area contributed by atoms with Gasteiger partial charge < -0.3 is 33.2 Å². The van der Waals surface area contributed by atoms with Gasteiger partial charge in [-0.3, -0.25) is 24.0 Å². The Balaban J connectivity index is 1.86. The van der Waals surface area contributed by atoms with Gasteiger partial charge in [0, 0.05) is 33.6 Å². The van der Waals surface area contributed by atoms with Crippen molar-refractivity contribution in [3.05, 3.63) is 12.2 Å². The lowest BCUT2D eigenvalue weighted by atomic mass is 9.51. The molecule has 0 aromatic carbocycles. The molecular formula is C28H35ClO12. The fourth-order valence-corrected chi connectivity index (χ4v) is 8.15. The highest BCUT2D eigenvalue weighted by Gasteiger charge is 2.80. The summed E-state index contributed by atoms with van der Waals surface area (Å²) in [5, 5.41) is -1.05. The zero-order chi connectivity index (χ0) is 30.2. The zero-order valence-electron chi connectivity index (χ0n) is 23.8. The summed E-state index contributed by atoms with van der Waals surface area (Å²) in [6.07, 6.45) is -6.51. The third-order valence-electron chi connectivity index (χ3n) is 9.46. The summed E-state index contributed by atoms with van der Waals surface area (Å²) in [6.45, 7) is 12.5. The van der Waals surface area contributed by atoms with Gasteiger partial charge >= 0.3 is 29.8 Å². The van der Waals surface area contributed by atoms with Gasteiger partial charge in [-0.2, -0.15) is 0 Å². The van der Waals surface area contributed by atoms with Crippen molar-refractivity contribution in [2.75, 3.05) is 6.61 Å². The first-order chi connectivity index (χ1) is 19.1. The predicted octanol–water partition coefficient (Wildman–Crippen LogP) is 1.77. The van der Waals surface area contributed by atoms with Crippen LogP contribution in [-0.2, 0) is 57.1 Å². The summed E-state index contributed by atoms with van der Waals surface area (Å²) in [5.74, 6) is -5.25. The van der Waals surface area contributed by atoms with E-state index in [2.05, 4.69) is 6.58 Å². The van der Waals surface area contributed by atoms with Crippen molar-refractivity contribution in [3.8, 4) is 0 Å². The number of halogens is 1. The molecule has 226 valence electrons. The van der Waals surface area contributed by atoms with Crippen LogP contribution < -0.4 is 0 Å². The Morgan fingerprint density at radius 3 is 2.05 bits per heavy atom. The molecule has 2 spiro atoms. The van der Waals surface area contributed by atoms with E-state index in [1.807, 2.05) is 0 Å². The van der Waals surface area contributed by atoms with Crippen LogP contribution >= 0.6 is 11.6 Å². The van der Waals surface area contributed by atoms with Crippen LogP contribution in [0.15, 0.2) is 12.2 Å². The molecule has 4 aliphatic heterocycles. The van der Waals surface area contributed by atoms with Crippen LogP contribution in [0, 0.1) is 17.3 Å². The van der Waals surface area contributed by atoms with Gasteiger partial charge in [0.1, 0.15) is 18.3 Å². The van der Waals surface area contributed by atoms with E-state index in [0.717, 1.165) is 0 Å². The van der Waals surface area contributed by atoms with E-state index in [-0.39, 0.29) is 12.2 Å². The molecule has 0 unspecified atom stereocenters. The third-order valence-corrected chi connectivity index (χ3v) is 9.97. The molecule has 5 fully saturated rings. The van der Waals surface area contributed by atoms with Gasteiger partial charge in [0.05, 0.1) is 28.9 Å². The van der Waals surface area contributed by atoms with E-state index in [1.54, 1.807) is 13.8 Å². The van der Waals surface area contributed by atoms with Gasteiger partial charge in [-0.15, -0.1) is 11.6 Å². The molecule has 4 saturated heterocycles. The van der Waals surface area contributed by atoms with Gasteiger partial charge in [-0.25, -0.2) is 0 Å². The molecule has 5 rings (SSSR count). The summed E-state index contributed by atoms with van der Waals surface area (Å²) < 4.78 is 42.4. The summed E-state index contributed by atoms with van der Waals surface area (Å²) in [7, 11) is 0. The van der Waals surface area contributed by atoms with Crippen molar-refractivity contribution in [2.24, 2.45) is 17.3 Å². The molecule has 0 N–H and O–H groups in total. The van der Waals surface area contributed by atoms with E-state index in [9.17, 15) is 24.0 Å². The maximum Gasteiger partial charge on any atom is 0.312 e. The number of alkyl halides is 1. The molecule has 12 atom stereocenters. The predicted molar refractivity (Wildman–Crippen MR) is 137 cm³/mol. The number of carbonyl (C=O) groups excluding carboxylic acids is 5. The molecule has 4 heterocycles. The Bertz CT molecular complexity index is 1200. The summed E-state index contributed by atoms with van der Waals surface area (Å²) in [5.41, 5.74) is -3.83. The van der Waals surface area contributed by atoms with Gasteiger partial charge in [0.15, 0.2) is 23.9 Å². The summed E-state index contributed by atoms with van der Waals surface area (Å²) in [4.78, 5) is 63.7. The highest BCUT2D eigenvalue weighted by molar-refractivity contribution is 6.23. The van der Waals surface area contributed by atoms with Crippen LogP contribution in [0.3, 0.4) is 0 Å². The van der Waals surface area contributed by atoms with Gasteiger partial charge in [0.2, 0.25) is 0 Å². The highest BCUT2D eigenvalue weighted by Crippen LogP contribution is 2.65. The molecule has 0 radical (unpaired) electrons. The van der Waals surface area contributed by atoms with Crippen LogP contribution in [-0.4, -0.2) is 89.7 Å². The number of hydrogen-bond acceptors (Lipinski definition) is 12. The lowest BCUT2D eigenvalue weighted by Gasteiger charge is -2.62. The topological polar surface area (TPSA) is 153 Å². The van der Waals surface area contributed by atoms with Crippen molar-refractivity contribution in [3.63, 3.8) is 0 Å². The maximum atomic E-state index is 13.2. The van der Waals surface area contributed by atoms with Crippen molar-refractivity contribution in [2.45, 2.75) is 108 Å². The molecule has 12 nitrogen and oxygen atoms in total. The lowest BCUT2D eigenvalue weighted by molar-refractivity contribution is -0.308. The monoisotopic (exact) mass is 598 g/mol. The first kappa shape index (κ1) is 29.8. The van der Waals surface area contributed by atoms with Gasteiger partial charge in [-0.1, -0.05) is 13.5 Å². The minimum atomic E-state index is -1.69. The molecular weight excluding hydrogens is 564 g/mol. The van der Waals surface area contributed by atoms with E-state index in [4.69, 9.17) is 44.8 Å². The minimum absolute atomic E-state index is 0.207. The quantitative estimate of drug-likeness (QED) is 0.152. The van der Waals surface area contributed by atoms with Crippen molar-refractivity contribution < 1.29 is 57.1 Å². The fourth-order valence-electron chi connectivity index (χ4n) is 7.78. The average molecular weight is 599 g/mol. The number of ether oxygens (including phenoxy) is 7. The zero-order valence-corrected chi connectivity index (χ0v) is 24.6. The summed E-state index contributed by atoms with van der Waals surface area (Å²) >= 11 is 6.93. The third kappa shape index (κ3) is 4.36. The first-order valence-electron chi connectivity index (χ1n) is 13.6. The van der Waals surface area contributed by atoms with Crippen molar-refractivity contribution >= 4 is 41.4 Å². The maximum absolute atomic E-state index is 13.2. The second-order valence-electron chi connectivity index (χ2n) is 11.9. The Kier molecular flexibility index (Phi) is 7.22. The Labute approximate surface area is 242 Å². The fraction of sp³-hybridized carbons (Fsp3) is 0.750. The number of carbonyl (C=O) groups is 5. The molecule has 0 aromatic rings. The van der Waals surface area contributed by atoms with Crippen LogP contribution in [0.5, 0.6) is 0 Å². The number of fused-ring (bicyclic) bond motifs is 3. The smallest absolute Gasteiger partial charge is 0.312 e. The number of hydrogen-bond donors (Lipinski definition) is 0. The van der Waals surface area contributed by atoms with Crippen LogP contribution in [0.2, 0.25) is 0 Å². The van der Waals surface area contributed by atoms with Gasteiger partial charge in [-0.05, 0) is 25.3 Å². The number of esters is 5. The number of rotatable bonds is 4.